The Labute approximate surface area is 128 Å². The molecule has 0 fully saturated rings. The maximum Gasteiger partial charge on any atom is 4.00 e. The third-order valence-electron chi connectivity index (χ3n) is 2.00. The topological polar surface area (TPSA) is 0 Å². The molecule has 16 heavy (non-hydrogen) atoms. The van der Waals surface area contributed by atoms with E-state index in [9.17, 15) is 0 Å². The predicted octanol–water partition coefficient (Wildman–Crippen LogP) is -6.07. The van der Waals surface area contributed by atoms with E-state index in [4.69, 9.17) is 0 Å². The van der Waals surface area contributed by atoms with E-state index in [2.05, 4.69) is 42.5 Å². The minimum absolute atomic E-state index is 0. The molecule has 1 aromatic rings. The molecule has 0 N–H and O–H groups in total. The van der Waals surface area contributed by atoms with Gasteiger partial charge in [-0.1, -0.05) is 30.3 Å². The van der Waals surface area contributed by atoms with Gasteiger partial charge in [0, 0.05) is 0 Å². The molecule has 0 saturated carbocycles. The van der Waals surface area contributed by atoms with Crippen molar-refractivity contribution in [2.24, 2.45) is 0 Å². The fourth-order valence-corrected chi connectivity index (χ4v) is 1.39. The second kappa shape index (κ2) is 11.6. The van der Waals surface area contributed by atoms with Gasteiger partial charge in [-0.15, -0.1) is 6.42 Å². The second-order valence-corrected chi connectivity index (χ2v) is 2.97. The Balaban J connectivity index is -0.000000422. The summed E-state index contributed by atoms with van der Waals surface area (Å²) in [5.74, 6) is 0. The summed E-state index contributed by atoms with van der Waals surface area (Å²) in [7, 11) is 0. The van der Waals surface area contributed by atoms with E-state index in [0.717, 1.165) is 12.8 Å². The number of hydrogen-bond donors (Lipinski definition) is 0. The number of rotatable bonds is 2. The monoisotopic (exact) mass is 311 g/mol. The summed E-state index contributed by atoms with van der Waals surface area (Å²) >= 11 is 0. The summed E-state index contributed by atoms with van der Waals surface area (Å²) in [6.45, 7) is 0. The van der Waals surface area contributed by atoms with Crippen LogP contribution >= 0.6 is 0 Å². The van der Waals surface area contributed by atoms with Crippen molar-refractivity contribution in [1.82, 2.24) is 0 Å². The van der Waals surface area contributed by atoms with E-state index in [1.165, 1.54) is 11.1 Å². The van der Waals surface area contributed by atoms with Gasteiger partial charge in [-0.25, -0.2) is 11.6 Å². The van der Waals surface area contributed by atoms with Crippen molar-refractivity contribution in [2.75, 3.05) is 0 Å². The van der Waals surface area contributed by atoms with Crippen LogP contribution in [-0.2, 0) is 25.0 Å². The summed E-state index contributed by atoms with van der Waals surface area (Å²) in [6, 6.07) is 10.5. The van der Waals surface area contributed by atoms with Crippen molar-refractivity contribution in [3.63, 3.8) is 0 Å². The SMILES string of the molecule is [C-]1=C(Cc2ccccc2)C=CC1.[Cl-].[Cl-].[Cl-].[V+4]. The predicted molar refractivity (Wildman–Crippen MR) is 50.7 cm³/mol. The van der Waals surface area contributed by atoms with Crippen molar-refractivity contribution in [3.8, 4) is 0 Å². The van der Waals surface area contributed by atoms with Crippen LogP contribution < -0.4 is 37.2 Å². The minimum atomic E-state index is 0. The zero-order valence-corrected chi connectivity index (χ0v) is 12.2. The first-order valence-electron chi connectivity index (χ1n) is 4.25. The number of benzene rings is 1. The third kappa shape index (κ3) is 6.68. The molecule has 1 aromatic carbocycles. The molecule has 4 heteroatoms. The molecule has 0 nitrogen and oxygen atoms in total. The van der Waals surface area contributed by atoms with Gasteiger partial charge in [0.05, 0.1) is 0 Å². The first-order valence-corrected chi connectivity index (χ1v) is 4.25. The first-order chi connectivity index (χ1) is 5.95. The van der Waals surface area contributed by atoms with Crippen LogP contribution in [0.3, 0.4) is 0 Å². The van der Waals surface area contributed by atoms with E-state index in [1.54, 1.807) is 0 Å². The molecular weight excluding hydrogens is 301 g/mol. The smallest absolute Gasteiger partial charge is 1.00 e. The molecule has 0 aromatic heterocycles. The largest absolute Gasteiger partial charge is 4.00 e. The molecule has 1 radical (unpaired) electrons. The van der Waals surface area contributed by atoms with Gasteiger partial charge in [0.15, 0.2) is 0 Å². The molecule has 0 amide bonds. The summed E-state index contributed by atoms with van der Waals surface area (Å²) < 4.78 is 0. The molecule has 0 unspecified atom stereocenters. The summed E-state index contributed by atoms with van der Waals surface area (Å²) in [5.41, 5.74) is 2.69. The van der Waals surface area contributed by atoms with Crippen LogP contribution in [0.1, 0.15) is 12.0 Å². The van der Waals surface area contributed by atoms with Crippen LogP contribution in [0.2, 0.25) is 0 Å². The Hall–Kier alpha value is 0.154. The number of halogens is 3. The van der Waals surface area contributed by atoms with Gasteiger partial charge >= 0.3 is 18.6 Å². The van der Waals surface area contributed by atoms with Crippen LogP contribution in [0.25, 0.3) is 0 Å². The molecule has 2 rings (SSSR count). The summed E-state index contributed by atoms with van der Waals surface area (Å²) in [6.07, 6.45) is 9.63. The molecule has 85 valence electrons. The molecule has 0 aliphatic heterocycles. The number of hydrogen-bond acceptors (Lipinski definition) is 0. The molecule has 1 aliphatic carbocycles. The van der Waals surface area contributed by atoms with Crippen molar-refractivity contribution >= 4 is 0 Å². The Kier molecular flexibility index (Phi) is 15.6. The molecule has 0 bridgehead atoms. The van der Waals surface area contributed by atoms with Crippen molar-refractivity contribution in [2.45, 2.75) is 12.8 Å². The van der Waals surface area contributed by atoms with Crippen LogP contribution in [0.4, 0.5) is 0 Å². The minimum Gasteiger partial charge on any atom is -1.00 e. The maximum atomic E-state index is 3.31. The van der Waals surface area contributed by atoms with Gasteiger partial charge in [-0.2, -0.15) is 6.08 Å². The van der Waals surface area contributed by atoms with Gasteiger partial charge in [-0.3, -0.25) is 6.08 Å². The quantitative estimate of drug-likeness (QED) is 0.477. The molecule has 0 atom stereocenters. The number of allylic oxidation sites excluding steroid dienone is 4. The van der Waals surface area contributed by atoms with Crippen LogP contribution in [0.5, 0.6) is 0 Å². The Morgan fingerprint density at radius 3 is 2.12 bits per heavy atom. The fraction of sp³-hybridized carbons (Fsp3) is 0.167. The normalized spacial score (nSPS) is 11.1. The maximum absolute atomic E-state index is 3.31. The van der Waals surface area contributed by atoms with Gasteiger partial charge < -0.3 is 37.2 Å². The molecule has 0 saturated heterocycles. The van der Waals surface area contributed by atoms with Crippen LogP contribution in [0.15, 0.2) is 48.1 Å². The van der Waals surface area contributed by atoms with Gasteiger partial charge in [0.25, 0.3) is 0 Å². The summed E-state index contributed by atoms with van der Waals surface area (Å²) in [5, 5.41) is 0. The molecule has 0 heterocycles. The Morgan fingerprint density at radius 1 is 1.00 bits per heavy atom. The van der Waals surface area contributed by atoms with Gasteiger partial charge in [0.1, 0.15) is 0 Å². The van der Waals surface area contributed by atoms with E-state index in [0.29, 0.717) is 0 Å². The Morgan fingerprint density at radius 2 is 1.62 bits per heavy atom. The average Bonchev–Trinajstić information content (AvgIpc) is 2.59. The Bertz CT molecular complexity index is 320. The van der Waals surface area contributed by atoms with Gasteiger partial charge in [0.2, 0.25) is 0 Å². The van der Waals surface area contributed by atoms with Crippen molar-refractivity contribution < 1.29 is 55.8 Å². The van der Waals surface area contributed by atoms with Crippen LogP contribution in [0, 0.1) is 6.08 Å². The van der Waals surface area contributed by atoms with Crippen molar-refractivity contribution in [3.05, 3.63) is 59.7 Å². The third-order valence-corrected chi connectivity index (χ3v) is 2.00. The van der Waals surface area contributed by atoms with Crippen LogP contribution in [-0.4, -0.2) is 0 Å². The molecule has 1 aliphatic rings. The average molecular weight is 313 g/mol. The van der Waals surface area contributed by atoms with E-state index < -0.39 is 0 Å². The standard InChI is InChI=1S/C12H11.3ClH.V/c1-2-6-11(7-3-1)10-12-8-4-5-9-12;;;;/h1-4,6-8H,5,10H2;3*1H;/q-1;;;;+4/p-3. The van der Waals surface area contributed by atoms with E-state index in [-0.39, 0.29) is 55.8 Å². The zero-order chi connectivity index (χ0) is 8.23. The van der Waals surface area contributed by atoms with E-state index >= 15 is 0 Å². The fourth-order valence-electron chi connectivity index (χ4n) is 1.39. The van der Waals surface area contributed by atoms with E-state index in [1.807, 2.05) is 6.07 Å². The molecular formula is C12H11Cl3V. The first kappa shape index (κ1) is 21.4. The van der Waals surface area contributed by atoms with Crippen molar-refractivity contribution in [1.29, 1.82) is 0 Å². The summed E-state index contributed by atoms with van der Waals surface area (Å²) in [4.78, 5) is 0. The second-order valence-electron chi connectivity index (χ2n) is 2.97. The molecule has 0 spiro atoms. The zero-order valence-electron chi connectivity index (χ0n) is 8.54. The van der Waals surface area contributed by atoms with Gasteiger partial charge in [-0.05, 0) is 12.0 Å².